The third-order valence-electron chi connectivity index (χ3n) is 2.41. The van der Waals surface area contributed by atoms with Crippen LogP contribution >= 0.6 is 0 Å². The molecule has 0 aliphatic heterocycles. The molecule has 1 amide bonds. The van der Waals surface area contributed by atoms with Crippen molar-refractivity contribution in [3.05, 3.63) is 54.1 Å². The Morgan fingerprint density at radius 2 is 2.06 bits per heavy atom. The molecular weight excluding hydrogens is 219 g/mol. The Morgan fingerprint density at radius 3 is 2.76 bits per heavy atom. The smallest absolute Gasteiger partial charge is 0.252 e. The van der Waals surface area contributed by atoms with E-state index in [1.165, 1.54) is 25.5 Å². The number of nitrogens with zero attached hydrogens (tertiary/aromatic N) is 1. The van der Waals surface area contributed by atoms with Crippen LogP contribution in [-0.4, -0.2) is 17.9 Å². The lowest BCUT2D eigenvalue weighted by Crippen LogP contribution is -2.17. The number of aromatic nitrogens is 1. The number of carbonyl (C=O) groups is 1. The van der Waals surface area contributed by atoms with Gasteiger partial charge < -0.3 is 5.32 Å². The summed E-state index contributed by atoms with van der Waals surface area (Å²) in [4.78, 5) is 15.4. The zero-order valence-electron chi connectivity index (χ0n) is 9.27. The summed E-state index contributed by atoms with van der Waals surface area (Å²) in [5.74, 6) is -0.570. The van der Waals surface area contributed by atoms with E-state index in [9.17, 15) is 9.18 Å². The summed E-state index contributed by atoms with van der Waals surface area (Å²) in [7, 11) is 1.54. The standard InChI is InChI=1S/C13H11FN2O/c1-15-13(17)10-6-9(7-16-8-10)11-4-2-3-5-12(11)14/h2-8H,1H3,(H,15,17). The van der Waals surface area contributed by atoms with Gasteiger partial charge in [-0.25, -0.2) is 4.39 Å². The highest BCUT2D eigenvalue weighted by Gasteiger charge is 2.08. The highest BCUT2D eigenvalue weighted by molar-refractivity contribution is 5.94. The molecule has 0 spiro atoms. The Hall–Kier alpha value is -2.23. The average Bonchev–Trinajstić information content (AvgIpc) is 2.38. The van der Waals surface area contributed by atoms with E-state index in [0.29, 0.717) is 16.7 Å². The van der Waals surface area contributed by atoms with Gasteiger partial charge in [0.1, 0.15) is 5.82 Å². The van der Waals surface area contributed by atoms with Crippen molar-refractivity contribution in [1.29, 1.82) is 0 Å². The zero-order chi connectivity index (χ0) is 12.3. The molecule has 0 fully saturated rings. The number of hydrogen-bond donors (Lipinski definition) is 1. The minimum Gasteiger partial charge on any atom is -0.355 e. The first-order valence-corrected chi connectivity index (χ1v) is 5.14. The fraction of sp³-hybridized carbons (Fsp3) is 0.0769. The van der Waals surface area contributed by atoms with Crippen LogP contribution in [-0.2, 0) is 0 Å². The van der Waals surface area contributed by atoms with Crippen molar-refractivity contribution in [2.24, 2.45) is 0 Å². The molecule has 3 nitrogen and oxygen atoms in total. The van der Waals surface area contributed by atoms with Crippen LogP contribution in [0.15, 0.2) is 42.7 Å². The van der Waals surface area contributed by atoms with Gasteiger partial charge in [-0.1, -0.05) is 18.2 Å². The first-order valence-electron chi connectivity index (χ1n) is 5.14. The summed E-state index contributed by atoms with van der Waals surface area (Å²) in [6, 6.07) is 8.01. The molecule has 1 N–H and O–H groups in total. The predicted octanol–water partition coefficient (Wildman–Crippen LogP) is 2.25. The molecule has 4 heteroatoms. The number of nitrogens with one attached hydrogen (secondary N) is 1. The fourth-order valence-electron chi connectivity index (χ4n) is 1.55. The van der Waals surface area contributed by atoms with Crippen molar-refractivity contribution in [3.63, 3.8) is 0 Å². The Morgan fingerprint density at radius 1 is 1.29 bits per heavy atom. The van der Waals surface area contributed by atoms with Crippen LogP contribution in [0.5, 0.6) is 0 Å². The molecule has 1 aromatic carbocycles. The summed E-state index contributed by atoms with van der Waals surface area (Å²) in [6.07, 6.45) is 2.98. The van der Waals surface area contributed by atoms with E-state index >= 15 is 0 Å². The van der Waals surface area contributed by atoms with Crippen molar-refractivity contribution >= 4 is 5.91 Å². The minimum absolute atomic E-state index is 0.240. The van der Waals surface area contributed by atoms with Crippen LogP contribution in [0.2, 0.25) is 0 Å². The van der Waals surface area contributed by atoms with E-state index in [1.807, 2.05) is 0 Å². The van der Waals surface area contributed by atoms with Crippen molar-refractivity contribution in [2.75, 3.05) is 7.05 Å². The Kier molecular flexibility index (Phi) is 3.14. The third-order valence-corrected chi connectivity index (χ3v) is 2.41. The number of halogens is 1. The highest BCUT2D eigenvalue weighted by atomic mass is 19.1. The molecule has 1 heterocycles. The second-order valence-electron chi connectivity index (χ2n) is 3.52. The van der Waals surface area contributed by atoms with E-state index < -0.39 is 0 Å². The van der Waals surface area contributed by atoms with Crippen LogP contribution in [0, 0.1) is 5.82 Å². The number of carbonyl (C=O) groups excluding carboxylic acids is 1. The quantitative estimate of drug-likeness (QED) is 0.859. The van der Waals surface area contributed by atoms with E-state index in [-0.39, 0.29) is 11.7 Å². The summed E-state index contributed by atoms with van der Waals surface area (Å²) >= 11 is 0. The molecule has 2 rings (SSSR count). The van der Waals surface area contributed by atoms with Crippen molar-refractivity contribution < 1.29 is 9.18 Å². The predicted molar refractivity (Wildman–Crippen MR) is 63.0 cm³/mol. The van der Waals surface area contributed by atoms with Crippen LogP contribution < -0.4 is 5.32 Å². The summed E-state index contributed by atoms with van der Waals surface area (Å²) in [5.41, 5.74) is 1.43. The normalized spacial score (nSPS) is 10.0. The van der Waals surface area contributed by atoms with Crippen molar-refractivity contribution in [2.45, 2.75) is 0 Å². The SMILES string of the molecule is CNC(=O)c1cncc(-c2ccccc2F)c1. The molecule has 0 unspecified atom stereocenters. The number of benzene rings is 1. The monoisotopic (exact) mass is 230 g/mol. The summed E-state index contributed by atoms with van der Waals surface area (Å²) < 4.78 is 13.6. The van der Waals surface area contributed by atoms with Crippen LogP contribution in [0.25, 0.3) is 11.1 Å². The summed E-state index contributed by atoms with van der Waals surface area (Å²) in [6.45, 7) is 0. The Balaban J connectivity index is 2.47. The van der Waals surface area contributed by atoms with Gasteiger partial charge in [0.2, 0.25) is 0 Å². The van der Waals surface area contributed by atoms with Crippen LogP contribution in [0.3, 0.4) is 0 Å². The Bertz CT molecular complexity index is 555. The fourth-order valence-corrected chi connectivity index (χ4v) is 1.55. The average molecular weight is 230 g/mol. The lowest BCUT2D eigenvalue weighted by molar-refractivity contribution is 0.0963. The molecule has 0 saturated heterocycles. The van der Waals surface area contributed by atoms with E-state index in [2.05, 4.69) is 10.3 Å². The van der Waals surface area contributed by atoms with E-state index in [4.69, 9.17) is 0 Å². The molecule has 0 aliphatic carbocycles. The van der Waals surface area contributed by atoms with E-state index in [0.717, 1.165) is 0 Å². The first kappa shape index (κ1) is 11.3. The lowest BCUT2D eigenvalue weighted by Gasteiger charge is -2.05. The molecule has 0 aliphatic rings. The van der Waals surface area contributed by atoms with Crippen LogP contribution in [0.1, 0.15) is 10.4 Å². The maximum Gasteiger partial charge on any atom is 0.252 e. The molecule has 0 bridgehead atoms. The van der Waals surface area contributed by atoms with Crippen molar-refractivity contribution in [3.8, 4) is 11.1 Å². The molecule has 2 aromatic rings. The van der Waals surface area contributed by atoms with Gasteiger partial charge in [-0.15, -0.1) is 0 Å². The maximum atomic E-state index is 13.6. The number of pyridine rings is 1. The highest BCUT2D eigenvalue weighted by Crippen LogP contribution is 2.22. The summed E-state index contributed by atoms with van der Waals surface area (Å²) in [5, 5.41) is 2.50. The molecule has 1 aromatic heterocycles. The van der Waals surface area contributed by atoms with Gasteiger partial charge in [0.05, 0.1) is 5.56 Å². The number of amides is 1. The number of rotatable bonds is 2. The van der Waals surface area contributed by atoms with Gasteiger partial charge in [0, 0.05) is 30.6 Å². The first-order chi connectivity index (χ1) is 8.22. The number of hydrogen-bond acceptors (Lipinski definition) is 2. The maximum absolute atomic E-state index is 13.6. The van der Waals surface area contributed by atoms with Gasteiger partial charge in [0.15, 0.2) is 0 Å². The molecule has 86 valence electrons. The van der Waals surface area contributed by atoms with Gasteiger partial charge >= 0.3 is 0 Å². The second kappa shape index (κ2) is 4.74. The second-order valence-corrected chi connectivity index (χ2v) is 3.52. The molecular formula is C13H11FN2O. The van der Waals surface area contributed by atoms with Gasteiger partial charge in [-0.05, 0) is 12.1 Å². The zero-order valence-corrected chi connectivity index (χ0v) is 9.27. The van der Waals surface area contributed by atoms with Crippen molar-refractivity contribution in [1.82, 2.24) is 10.3 Å². The molecule has 0 radical (unpaired) electrons. The molecule has 17 heavy (non-hydrogen) atoms. The van der Waals surface area contributed by atoms with Gasteiger partial charge in [0.25, 0.3) is 5.91 Å². The lowest BCUT2D eigenvalue weighted by atomic mass is 10.1. The minimum atomic E-state index is -0.330. The van der Waals surface area contributed by atoms with Crippen LogP contribution in [0.4, 0.5) is 4.39 Å². The van der Waals surface area contributed by atoms with Gasteiger partial charge in [-0.2, -0.15) is 0 Å². The largest absolute Gasteiger partial charge is 0.355 e. The molecule has 0 saturated carbocycles. The van der Waals surface area contributed by atoms with Gasteiger partial charge in [-0.3, -0.25) is 9.78 Å². The molecule has 0 atom stereocenters. The van der Waals surface area contributed by atoms with E-state index in [1.54, 1.807) is 24.3 Å². The topological polar surface area (TPSA) is 42.0 Å². The third kappa shape index (κ3) is 2.30. The Labute approximate surface area is 98.3 Å².